The summed E-state index contributed by atoms with van der Waals surface area (Å²) in [7, 11) is -3.58. The summed E-state index contributed by atoms with van der Waals surface area (Å²) in [5, 5.41) is 4.75. The number of hydrogen-bond acceptors (Lipinski definition) is 3. The quantitative estimate of drug-likeness (QED) is 0.351. The fourth-order valence-electron chi connectivity index (χ4n) is 4.35. The molecule has 5 aromatic rings. The van der Waals surface area contributed by atoms with Crippen LogP contribution in [0.15, 0.2) is 96.2 Å². The average molecular weight is 472 g/mol. The molecule has 1 amide bonds. The molecule has 0 fully saturated rings. The van der Waals surface area contributed by atoms with Crippen molar-refractivity contribution in [3.05, 3.63) is 102 Å². The number of sulfone groups is 1. The number of nitrogens with one attached hydrogen (secondary N) is 2. The van der Waals surface area contributed by atoms with Crippen LogP contribution in [0.5, 0.6) is 0 Å². The molecule has 34 heavy (non-hydrogen) atoms. The van der Waals surface area contributed by atoms with E-state index in [2.05, 4.69) is 16.4 Å². The van der Waals surface area contributed by atoms with Crippen LogP contribution in [0.1, 0.15) is 11.1 Å². The van der Waals surface area contributed by atoms with E-state index in [1.807, 2.05) is 60.8 Å². The normalized spacial score (nSPS) is 11.8. The molecule has 172 valence electrons. The summed E-state index contributed by atoms with van der Waals surface area (Å²) in [5.74, 6) is -0.244. The van der Waals surface area contributed by atoms with Crippen LogP contribution < -0.4 is 5.32 Å². The third-order valence-corrected chi connectivity index (χ3v) is 7.70. The van der Waals surface area contributed by atoms with Gasteiger partial charge < -0.3 is 14.9 Å². The number of carbonyl (C=O) groups is 1. The minimum absolute atomic E-state index is 0.0508. The second-order valence-electron chi connectivity index (χ2n) is 8.34. The molecule has 0 aliphatic heterocycles. The molecular formula is C27H25N3O3S. The van der Waals surface area contributed by atoms with Crippen LogP contribution in [-0.2, 0) is 33.4 Å². The van der Waals surface area contributed by atoms with E-state index in [1.54, 1.807) is 29.0 Å². The molecule has 0 aliphatic carbocycles. The fourth-order valence-corrected chi connectivity index (χ4v) is 5.93. The number of H-pyrrole nitrogens is 1. The van der Waals surface area contributed by atoms with Gasteiger partial charge in [0, 0.05) is 40.7 Å². The van der Waals surface area contributed by atoms with Crippen LogP contribution in [-0.4, -0.2) is 30.4 Å². The number of nitrogens with zero attached hydrogens (tertiary/aromatic N) is 1. The number of aromatic amines is 1. The van der Waals surface area contributed by atoms with Crippen LogP contribution in [0.25, 0.3) is 21.8 Å². The van der Waals surface area contributed by atoms with Gasteiger partial charge in [-0.25, -0.2) is 8.42 Å². The molecule has 0 atom stereocenters. The van der Waals surface area contributed by atoms with Crippen LogP contribution in [0.3, 0.4) is 0 Å². The lowest BCUT2D eigenvalue weighted by Gasteiger charge is -2.07. The molecule has 0 saturated heterocycles. The third kappa shape index (κ3) is 4.47. The van der Waals surface area contributed by atoms with E-state index in [9.17, 15) is 13.2 Å². The molecule has 0 radical (unpaired) electrons. The first-order valence-electron chi connectivity index (χ1n) is 11.2. The molecule has 2 heterocycles. The zero-order valence-electron chi connectivity index (χ0n) is 18.6. The van der Waals surface area contributed by atoms with E-state index < -0.39 is 9.84 Å². The largest absolute Gasteiger partial charge is 0.361 e. The zero-order chi connectivity index (χ0) is 23.5. The molecule has 0 aliphatic rings. The van der Waals surface area contributed by atoms with Gasteiger partial charge in [-0.1, -0.05) is 66.7 Å². The molecule has 6 nitrogen and oxygen atoms in total. The van der Waals surface area contributed by atoms with Gasteiger partial charge in [0.15, 0.2) is 9.84 Å². The predicted octanol–water partition coefficient (Wildman–Crippen LogP) is 4.46. The summed E-state index contributed by atoms with van der Waals surface area (Å²) < 4.78 is 28.1. The van der Waals surface area contributed by atoms with Gasteiger partial charge in [0.25, 0.3) is 0 Å². The van der Waals surface area contributed by atoms with E-state index in [1.165, 1.54) is 0 Å². The Morgan fingerprint density at radius 1 is 0.882 bits per heavy atom. The van der Waals surface area contributed by atoms with E-state index >= 15 is 0 Å². The van der Waals surface area contributed by atoms with Crippen molar-refractivity contribution in [2.45, 2.75) is 23.6 Å². The number of para-hydroxylation sites is 2. The minimum Gasteiger partial charge on any atom is -0.361 e. The van der Waals surface area contributed by atoms with Gasteiger partial charge in [-0.15, -0.1) is 0 Å². The topological polar surface area (TPSA) is 84.0 Å². The van der Waals surface area contributed by atoms with Crippen molar-refractivity contribution in [1.82, 2.24) is 14.9 Å². The van der Waals surface area contributed by atoms with E-state index in [4.69, 9.17) is 0 Å². The first kappa shape index (κ1) is 22.0. The van der Waals surface area contributed by atoms with Crippen molar-refractivity contribution >= 4 is 37.6 Å². The number of carbonyl (C=O) groups excluding carboxylic acids is 1. The molecule has 2 N–H and O–H groups in total. The lowest BCUT2D eigenvalue weighted by atomic mass is 10.1. The number of amides is 1. The van der Waals surface area contributed by atoms with Crippen LogP contribution in [0, 0.1) is 0 Å². The number of benzene rings is 3. The first-order chi connectivity index (χ1) is 16.5. The number of hydrogen-bond donors (Lipinski definition) is 2. The SMILES string of the molecule is O=C(Cn1cc(S(=O)(=O)Cc2ccccc2)c2ccccc21)NCCc1c[nH]c2ccccc12. The Balaban J connectivity index is 1.31. The van der Waals surface area contributed by atoms with E-state index in [-0.39, 0.29) is 23.1 Å². The lowest BCUT2D eigenvalue weighted by molar-refractivity contribution is -0.121. The maximum Gasteiger partial charge on any atom is 0.239 e. The Bertz CT molecular complexity index is 1570. The van der Waals surface area contributed by atoms with Gasteiger partial charge >= 0.3 is 0 Å². The van der Waals surface area contributed by atoms with E-state index in [0.717, 1.165) is 27.5 Å². The summed E-state index contributed by atoms with van der Waals surface area (Å²) in [6, 6.07) is 24.5. The van der Waals surface area contributed by atoms with Crippen LogP contribution in [0.4, 0.5) is 0 Å². The Morgan fingerprint density at radius 2 is 1.59 bits per heavy atom. The molecule has 2 aromatic heterocycles. The van der Waals surface area contributed by atoms with Crippen molar-refractivity contribution in [2.24, 2.45) is 0 Å². The Labute approximate surface area is 198 Å². The van der Waals surface area contributed by atoms with Gasteiger partial charge in [0.1, 0.15) is 6.54 Å². The fraction of sp³-hybridized carbons (Fsp3) is 0.148. The van der Waals surface area contributed by atoms with Crippen LogP contribution in [0.2, 0.25) is 0 Å². The highest BCUT2D eigenvalue weighted by atomic mass is 32.2. The number of rotatable bonds is 8. The molecule has 0 spiro atoms. The summed E-state index contributed by atoms with van der Waals surface area (Å²) in [4.78, 5) is 16.2. The van der Waals surface area contributed by atoms with Crippen molar-refractivity contribution in [2.75, 3.05) is 6.54 Å². The summed E-state index contributed by atoms with van der Waals surface area (Å²) in [6.45, 7) is 0.550. The molecule has 0 bridgehead atoms. The zero-order valence-corrected chi connectivity index (χ0v) is 19.4. The smallest absolute Gasteiger partial charge is 0.239 e. The lowest BCUT2D eigenvalue weighted by Crippen LogP contribution is -2.29. The predicted molar refractivity (Wildman–Crippen MR) is 134 cm³/mol. The second kappa shape index (κ2) is 9.19. The van der Waals surface area contributed by atoms with Crippen LogP contribution >= 0.6 is 0 Å². The molecule has 3 aromatic carbocycles. The molecule has 5 rings (SSSR count). The molecule has 0 saturated carbocycles. The Kier molecular flexibility index (Phi) is 5.94. The highest BCUT2D eigenvalue weighted by molar-refractivity contribution is 7.90. The first-order valence-corrected chi connectivity index (χ1v) is 12.8. The number of fused-ring (bicyclic) bond motifs is 2. The summed E-state index contributed by atoms with van der Waals surface area (Å²) in [6.07, 6.45) is 4.27. The standard InChI is InChI=1S/C27H25N3O3S/c31-27(28-15-14-21-16-29-24-12-6-4-10-22(21)24)18-30-17-26(23-11-5-7-13-25(23)30)34(32,33)19-20-8-2-1-3-9-20/h1-13,16-17,29H,14-15,18-19H2,(H,28,31). The monoisotopic (exact) mass is 471 g/mol. The van der Waals surface area contributed by atoms with Crippen molar-refractivity contribution in [3.63, 3.8) is 0 Å². The number of aromatic nitrogens is 2. The molecule has 0 unspecified atom stereocenters. The average Bonchev–Trinajstić information content (AvgIpc) is 3.42. The maximum absolute atomic E-state index is 13.2. The van der Waals surface area contributed by atoms with Gasteiger partial charge in [-0.2, -0.15) is 0 Å². The maximum atomic E-state index is 13.2. The van der Waals surface area contributed by atoms with Crippen molar-refractivity contribution < 1.29 is 13.2 Å². The van der Waals surface area contributed by atoms with Gasteiger partial charge in [0.2, 0.25) is 5.91 Å². The molecule has 7 heteroatoms. The summed E-state index contributed by atoms with van der Waals surface area (Å²) >= 11 is 0. The van der Waals surface area contributed by atoms with Gasteiger partial charge in [0.05, 0.1) is 10.6 Å². The second-order valence-corrected chi connectivity index (χ2v) is 10.3. The summed E-state index contributed by atoms with van der Waals surface area (Å²) in [5.41, 5.74) is 3.68. The highest BCUT2D eigenvalue weighted by Crippen LogP contribution is 2.28. The van der Waals surface area contributed by atoms with Gasteiger partial charge in [-0.3, -0.25) is 4.79 Å². The van der Waals surface area contributed by atoms with E-state index in [0.29, 0.717) is 18.4 Å². The van der Waals surface area contributed by atoms with Crippen molar-refractivity contribution in [1.29, 1.82) is 0 Å². The Hall–Kier alpha value is -3.84. The highest BCUT2D eigenvalue weighted by Gasteiger charge is 2.22. The molecular weight excluding hydrogens is 446 g/mol. The third-order valence-electron chi connectivity index (χ3n) is 5.99. The minimum atomic E-state index is -3.58. The Morgan fingerprint density at radius 3 is 2.41 bits per heavy atom. The van der Waals surface area contributed by atoms with Crippen molar-refractivity contribution in [3.8, 4) is 0 Å². The van der Waals surface area contributed by atoms with Gasteiger partial charge in [-0.05, 0) is 29.7 Å².